The minimum absolute atomic E-state index is 0.271. The quantitative estimate of drug-likeness (QED) is 0.704. The lowest BCUT2D eigenvalue weighted by atomic mass is 9.97. The van der Waals surface area contributed by atoms with Crippen molar-refractivity contribution in [1.29, 1.82) is 0 Å². The minimum Gasteiger partial charge on any atom is -0.469 e. The molecule has 1 aromatic rings. The molecular formula is C13H18O2. The van der Waals surface area contributed by atoms with Gasteiger partial charge in [-0.1, -0.05) is 32.6 Å². The van der Waals surface area contributed by atoms with Gasteiger partial charge in [-0.25, -0.2) is 0 Å². The first-order chi connectivity index (χ1) is 7.31. The van der Waals surface area contributed by atoms with E-state index in [4.69, 9.17) is 4.42 Å². The number of carbonyl (C=O) groups is 1. The van der Waals surface area contributed by atoms with Crippen LogP contribution in [0.1, 0.15) is 55.1 Å². The Labute approximate surface area is 90.7 Å². The van der Waals surface area contributed by atoms with E-state index in [2.05, 4.69) is 0 Å². The fourth-order valence-electron chi connectivity index (χ4n) is 2.45. The second kappa shape index (κ2) is 4.65. The first kappa shape index (κ1) is 10.5. The predicted octanol–water partition coefficient (Wildman–Crippen LogP) is 3.61. The van der Waals surface area contributed by atoms with E-state index >= 15 is 0 Å². The number of aryl methyl sites for hydroxylation is 1. The molecule has 82 valence electrons. The van der Waals surface area contributed by atoms with Crippen LogP contribution in [0.4, 0.5) is 0 Å². The van der Waals surface area contributed by atoms with Gasteiger partial charge in [-0.05, 0) is 12.0 Å². The van der Waals surface area contributed by atoms with Crippen molar-refractivity contribution in [2.75, 3.05) is 0 Å². The van der Waals surface area contributed by atoms with Gasteiger partial charge in [-0.3, -0.25) is 4.79 Å². The summed E-state index contributed by atoms with van der Waals surface area (Å²) in [6, 6.07) is 1.82. The molecule has 0 radical (unpaired) electrons. The molecule has 0 aromatic carbocycles. The molecule has 2 rings (SSSR count). The molecule has 0 amide bonds. The minimum atomic E-state index is 0.271. The summed E-state index contributed by atoms with van der Waals surface area (Å²) < 4.78 is 5.28. The summed E-state index contributed by atoms with van der Waals surface area (Å²) in [5.41, 5.74) is 0.810. The van der Waals surface area contributed by atoms with E-state index in [0.29, 0.717) is 12.3 Å². The highest BCUT2D eigenvalue weighted by atomic mass is 16.3. The van der Waals surface area contributed by atoms with Gasteiger partial charge in [0.1, 0.15) is 5.76 Å². The molecule has 0 unspecified atom stereocenters. The van der Waals surface area contributed by atoms with E-state index in [-0.39, 0.29) is 5.78 Å². The zero-order valence-electron chi connectivity index (χ0n) is 9.29. The molecule has 0 N–H and O–H groups in total. The zero-order valence-corrected chi connectivity index (χ0v) is 9.29. The lowest BCUT2D eigenvalue weighted by Crippen LogP contribution is -2.06. The van der Waals surface area contributed by atoms with E-state index in [1.807, 2.05) is 13.0 Å². The molecule has 1 saturated carbocycles. The van der Waals surface area contributed by atoms with Crippen LogP contribution in [0.5, 0.6) is 0 Å². The summed E-state index contributed by atoms with van der Waals surface area (Å²) >= 11 is 0. The van der Waals surface area contributed by atoms with Gasteiger partial charge >= 0.3 is 0 Å². The molecule has 1 aliphatic rings. The highest BCUT2D eigenvalue weighted by Crippen LogP contribution is 2.29. The van der Waals surface area contributed by atoms with Gasteiger partial charge in [0.15, 0.2) is 5.78 Å². The number of hydrogen-bond donors (Lipinski definition) is 0. The molecule has 1 heterocycles. The SMILES string of the molecule is CCc1occc1C(=O)CC1CCCC1. The molecule has 1 aromatic heterocycles. The normalized spacial score (nSPS) is 17.1. The van der Waals surface area contributed by atoms with E-state index in [0.717, 1.165) is 17.7 Å². The standard InChI is InChI=1S/C13H18O2/c1-2-13-11(7-8-15-13)12(14)9-10-5-3-4-6-10/h7-8,10H,2-6,9H2,1H3. The van der Waals surface area contributed by atoms with Crippen LogP contribution in [0, 0.1) is 5.92 Å². The topological polar surface area (TPSA) is 30.2 Å². The number of rotatable bonds is 4. The van der Waals surface area contributed by atoms with Gasteiger partial charge in [0.25, 0.3) is 0 Å². The molecule has 15 heavy (non-hydrogen) atoms. The van der Waals surface area contributed by atoms with Crippen molar-refractivity contribution in [1.82, 2.24) is 0 Å². The van der Waals surface area contributed by atoms with Gasteiger partial charge < -0.3 is 4.42 Å². The summed E-state index contributed by atoms with van der Waals surface area (Å²) in [6.45, 7) is 2.02. The molecule has 2 nitrogen and oxygen atoms in total. The number of carbonyl (C=O) groups excluding carboxylic acids is 1. The lowest BCUT2D eigenvalue weighted by molar-refractivity contribution is 0.0960. The van der Waals surface area contributed by atoms with Gasteiger partial charge in [-0.2, -0.15) is 0 Å². The Balaban J connectivity index is 2.00. The number of hydrogen-bond acceptors (Lipinski definition) is 2. The maximum atomic E-state index is 12.0. The zero-order chi connectivity index (χ0) is 10.7. The summed E-state index contributed by atoms with van der Waals surface area (Å²) in [4.78, 5) is 12.0. The Kier molecular flexibility index (Phi) is 3.24. The van der Waals surface area contributed by atoms with Crippen LogP contribution in [-0.4, -0.2) is 5.78 Å². The van der Waals surface area contributed by atoms with Gasteiger partial charge in [0.05, 0.1) is 11.8 Å². The van der Waals surface area contributed by atoms with Crippen molar-refractivity contribution in [2.45, 2.75) is 45.4 Å². The van der Waals surface area contributed by atoms with Gasteiger partial charge in [0, 0.05) is 12.8 Å². The van der Waals surface area contributed by atoms with E-state index in [9.17, 15) is 4.79 Å². The summed E-state index contributed by atoms with van der Waals surface area (Å²) in [5, 5.41) is 0. The smallest absolute Gasteiger partial charge is 0.166 e. The molecule has 0 saturated heterocycles. The first-order valence-electron chi connectivity index (χ1n) is 5.90. The van der Waals surface area contributed by atoms with Crippen LogP contribution in [0.25, 0.3) is 0 Å². The molecule has 2 heteroatoms. The Bertz CT molecular complexity index is 332. The largest absolute Gasteiger partial charge is 0.469 e. The van der Waals surface area contributed by atoms with Crippen LogP contribution < -0.4 is 0 Å². The summed E-state index contributed by atoms with van der Waals surface area (Å²) in [7, 11) is 0. The first-order valence-corrected chi connectivity index (χ1v) is 5.90. The Hall–Kier alpha value is -1.05. The fourth-order valence-corrected chi connectivity index (χ4v) is 2.45. The molecule has 0 spiro atoms. The van der Waals surface area contributed by atoms with Crippen LogP contribution in [0.15, 0.2) is 16.7 Å². The third-order valence-electron chi connectivity index (χ3n) is 3.32. The van der Waals surface area contributed by atoms with Crippen molar-refractivity contribution >= 4 is 5.78 Å². The Morgan fingerprint density at radius 1 is 1.47 bits per heavy atom. The fraction of sp³-hybridized carbons (Fsp3) is 0.615. The molecule has 1 aliphatic carbocycles. The van der Waals surface area contributed by atoms with Crippen molar-refractivity contribution in [3.05, 3.63) is 23.7 Å². The summed E-state index contributed by atoms with van der Waals surface area (Å²) in [5.74, 6) is 1.74. The number of Topliss-reactive ketones (excluding diaryl/α,β-unsaturated/α-hetero) is 1. The van der Waals surface area contributed by atoms with Crippen LogP contribution in [0.3, 0.4) is 0 Å². The average Bonchev–Trinajstić information content (AvgIpc) is 2.86. The maximum absolute atomic E-state index is 12.0. The van der Waals surface area contributed by atoms with E-state index in [1.165, 1.54) is 25.7 Å². The third kappa shape index (κ3) is 2.31. The van der Waals surface area contributed by atoms with Crippen molar-refractivity contribution in [3.63, 3.8) is 0 Å². The number of ketones is 1. The second-order valence-corrected chi connectivity index (χ2v) is 4.39. The average molecular weight is 206 g/mol. The Morgan fingerprint density at radius 3 is 2.87 bits per heavy atom. The third-order valence-corrected chi connectivity index (χ3v) is 3.32. The lowest BCUT2D eigenvalue weighted by Gasteiger charge is -2.06. The van der Waals surface area contributed by atoms with Crippen LogP contribution >= 0.6 is 0 Å². The van der Waals surface area contributed by atoms with E-state index in [1.54, 1.807) is 6.26 Å². The van der Waals surface area contributed by atoms with Crippen molar-refractivity contribution in [2.24, 2.45) is 5.92 Å². The van der Waals surface area contributed by atoms with Crippen LogP contribution in [0.2, 0.25) is 0 Å². The number of furan rings is 1. The summed E-state index contributed by atoms with van der Waals surface area (Å²) in [6.07, 6.45) is 8.19. The maximum Gasteiger partial charge on any atom is 0.166 e. The highest BCUT2D eigenvalue weighted by Gasteiger charge is 2.21. The molecule has 0 aliphatic heterocycles. The molecule has 0 atom stereocenters. The second-order valence-electron chi connectivity index (χ2n) is 4.39. The van der Waals surface area contributed by atoms with Gasteiger partial charge in [0.2, 0.25) is 0 Å². The van der Waals surface area contributed by atoms with E-state index < -0.39 is 0 Å². The highest BCUT2D eigenvalue weighted by molar-refractivity contribution is 5.97. The predicted molar refractivity (Wildman–Crippen MR) is 59.0 cm³/mol. The Morgan fingerprint density at radius 2 is 2.20 bits per heavy atom. The van der Waals surface area contributed by atoms with Crippen LogP contribution in [-0.2, 0) is 6.42 Å². The van der Waals surface area contributed by atoms with Crippen molar-refractivity contribution in [3.8, 4) is 0 Å². The van der Waals surface area contributed by atoms with Gasteiger partial charge in [-0.15, -0.1) is 0 Å². The van der Waals surface area contributed by atoms with Crippen molar-refractivity contribution < 1.29 is 9.21 Å². The molecule has 1 fully saturated rings. The molecule has 0 bridgehead atoms. The monoisotopic (exact) mass is 206 g/mol. The molecular weight excluding hydrogens is 188 g/mol.